The van der Waals surface area contributed by atoms with Crippen LogP contribution in [0.5, 0.6) is 0 Å². The predicted octanol–water partition coefficient (Wildman–Crippen LogP) is 3.46. The van der Waals surface area contributed by atoms with E-state index in [2.05, 4.69) is 0 Å². The summed E-state index contributed by atoms with van der Waals surface area (Å²) in [6, 6.07) is 14.4. The molecule has 0 radical (unpaired) electrons. The van der Waals surface area contributed by atoms with Crippen LogP contribution in [0.25, 0.3) is 5.57 Å². The largest absolute Gasteiger partial charge is 0.480 e. The molecule has 2 heterocycles. The molecule has 0 aliphatic carbocycles. The first-order chi connectivity index (χ1) is 13.9. The van der Waals surface area contributed by atoms with Crippen LogP contribution in [0.2, 0.25) is 0 Å². The number of para-hydroxylation sites is 1. The molecule has 6 nitrogen and oxygen atoms in total. The van der Waals surface area contributed by atoms with Crippen molar-refractivity contribution in [2.24, 2.45) is 0 Å². The maximum atomic E-state index is 13.2. The van der Waals surface area contributed by atoms with Crippen LogP contribution < -0.4 is 9.80 Å². The number of carbonyl (C=O) groups is 3. The summed E-state index contributed by atoms with van der Waals surface area (Å²) in [4.78, 5) is 40.3. The van der Waals surface area contributed by atoms with E-state index in [0.717, 1.165) is 23.7 Å². The van der Waals surface area contributed by atoms with E-state index >= 15 is 0 Å². The van der Waals surface area contributed by atoms with Gasteiger partial charge in [-0.3, -0.25) is 24.2 Å². The number of anilines is 2. The third kappa shape index (κ3) is 3.24. The smallest absolute Gasteiger partial charge is 0.323 e. The van der Waals surface area contributed by atoms with E-state index in [4.69, 9.17) is 12.2 Å². The third-order valence-corrected chi connectivity index (χ3v) is 6.19. The maximum absolute atomic E-state index is 13.2. The second kappa shape index (κ2) is 7.46. The van der Waals surface area contributed by atoms with Crippen molar-refractivity contribution in [3.05, 3.63) is 64.6 Å². The van der Waals surface area contributed by atoms with E-state index in [0.29, 0.717) is 21.3 Å². The lowest BCUT2D eigenvalue weighted by molar-refractivity contribution is -0.136. The highest BCUT2D eigenvalue weighted by atomic mass is 32.2. The predicted molar refractivity (Wildman–Crippen MR) is 117 cm³/mol. The van der Waals surface area contributed by atoms with Gasteiger partial charge in [0, 0.05) is 5.56 Å². The number of aryl methyl sites for hydroxylation is 1. The molecule has 0 unspecified atom stereocenters. The van der Waals surface area contributed by atoms with Crippen molar-refractivity contribution in [2.75, 3.05) is 16.3 Å². The standard InChI is InChI=1S/C21H16N2O4S2/c1-2-12-7-9-13(10-8-12)23-20(27)18(29-21(23)28)17-14-5-3-4-6-15(14)22(19(17)26)11-16(24)25/h3-10H,2,11H2,1H3,(H,24,25). The van der Waals surface area contributed by atoms with E-state index in [1.807, 2.05) is 31.2 Å². The van der Waals surface area contributed by atoms with Crippen LogP contribution in [0.3, 0.4) is 0 Å². The van der Waals surface area contributed by atoms with E-state index in [-0.39, 0.29) is 16.4 Å². The minimum atomic E-state index is -1.13. The number of thioether (sulfide) groups is 1. The molecule has 1 fully saturated rings. The SMILES string of the molecule is CCc1ccc(N2C(=O)C(=C3C(=O)N(CC(=O)O)c4ccccc43)SC2=S)cc1. The highest BCUT2D eigenvalue weighted by Gasteiger charge is 2.42. The number of hydrogen-bond acceptors (Lipinski definition) is 5. The Morgan fingerprint density at radius 1 is 1.07 bits per heavy atom. The summed E-state index contributed by atoms with van der Waals surface area (Å²) in [5.41, 5.74) is 3.00. The highest BCUT2D eigenvalue weighted by Crippen LogP contribution is 2.45. The van der Waals surface area contributed by atoms with Gasteiger partial charge in [-0.25, -0.2) is 0 Å². The summed E-state index contributed by atoms with van der Waals surface area (Å²) >= 11 is 6.49. The van der Waals surface area contributed by atoms with Crippen LogP contribution in [0.15, 0.2) is 53.4 Å². The van der Waals surface area contributed by atoms with E-state index < -0.39 is 18.4 Å². The number of rotatable bonds is 4. The summed E-state index contributed by atoms with van der Waals surface area (Å²) in [7, 11) is 0. The molecule has 146 valence electrons. The number of thiocarbonyl (C=S) groups is 1. The Balaban J connectivity index is 1.79. The second-order valence-electron chi connectivity index (χ2n) is 6.53. The number of nitrogens with zero attached hydrogens (tertiary/aromatic N) is 2. The van der Waals surface area contributed by atoms with Gasteiger partial charge in [0.05, 0.1) is 21.9 Å². The molecule has 1 saturated heterocycles. The van der Waals surface area contributed by atoms with Crippen LogP contribution in [-0.2, 0) is 20.8 Å². The fraction of sp³-hybridized carbons (Fsp3) is 0.143. The molecule has 2 aliphatic rings. The number of carboxylic acids is 1. The second-order valence-corrected chi connectivity index (χ2v) is 8.18. The van der Waals surface area contributed by atoms with Crippen molar-refractivity contribution in [3.63, 3.8) is 0 Å². The molecule has 2 amide bonds. The number of aliphatic carboxylic acids is 1. The van der Waals surface area contributed by atoms with Gasteiger partial charge in [0.25, 0.3) is 11.8 Å². The lowest BCUT2D eigenvalue weighted by Crippen LogP contribution is -2.32. The molecule has 8 heteroatoms. The zero-order valence-corrected chi connectivity index (χ0v) is 17.0. The van der Waals surface area contributed by atoms with Gasteiger partial charge in [-0.05, 0) is 30.2 Å². The molecule has 0 atom stereocenters. The zero-order chi connectivity index (χ0) is 20.7. The van der Waals surface area contributed by atoms with E-state index in [1.54, 1.807) is 24.3 Å². The zero-order valence-electron chi connectivity index (χ0n) is 15.4. The number of benzene rings is 2. The van der Waals surface area contributed by atoms with E-state index in [9.17, 15) is 19.5 Å². The van der Waals surface area contributed by atoms with Crippen molar-refractivity contribution in [2.45, 2.75) is 13.3 Å². The van der Waals surface area contributed by atoms with Crippen LogP contribution in [0.4, 0.5) is 11.4 Å². The van der Waals surface area contributed by atoms with Gasteiger partial charge >= 0.3 is 5.97 Å². The van der Waals surface area contributed by atoms with Gasteiger partial charge in [-0.2, -0.15) is 0 Å². The Bertz CT molecular complexity index is 1090. The summed E-state index contributed by atoms with van der Waals surface area (Å²) < 4.78 is 0.337. The lowest BCUT2D eigenvalue weighted by Gasteiger charge is -2.15. The Hall–Kier alpha value is -2.97. The van der Waals surface area contributed by atoms with Gasteiger partial charge in [0.15, 0.2) is 4.32 Å². The Kier molecular flexibility index (Phi) is 4.97. The molecule has 0 spiro atoms. The minimum absolute atomic E-state index is 0.201. The van der Waals surface area contributed by atoms with Crippen LogP contribution >= 0.6 is 24.0 Å². The topological polar surface area (TPSA) is 77.9 Å². The van der Waals surface area contributed by atoms with Crippen molar-refractivity contribution in [3.8, 4) is 0 Å². The van der Waals surface area contributed by atoms with Crippen LogP contribution in [0.1, 0.15) is 18.1 Å². The van der Waals surface area contributed by atoms with Crippen molar-refractivity contribution in [1.82, 2.24) is 0 Å². The Morgan fingerprint density at radius 2 is 1.76 bits per heavy atom. The third-order valence-electron chi connectivity index (χ3n) is 4.82. The number of amides is 2. The van der Waals surface area contributed by atoms with Gasteiger partial charge < -0.3 is 5.11 Å². The summed E-state index contributed by atoms with van der Waals surface area (Å²) in [5, 5.41) is 9.19. The van der Waals surface area contributed by atoms with Crippen LogP contribution in [0, 0.1) is 0 Å². The monoisotopic (exact) mass is 424 g/mol. The first kappa shape index (κ1) is 19.4. The molecule has 29 heavy (non-hydrogen) atoms. The highest BCUT2D eigenvalue weighted by molar-refractivity contribution is 8.27. The molecule has 0 aromatic heterocycles. The van der Waals surface area contributed by atoms with Gasteiger partial charge in [0.2, 0.25) is 0 Å². The Labute approximate surface area is 176 Å². The first-order valence-electron chi connectivity index (χ1n) is 8.95. The van der Waals surface area contributed by atoms with Gasteiger partial charge in [-0.1, -0.05) is 61.2 Å². The van der Waals surface area contributed by atoms with Crippen molar-refractivity contribution < 1.29 is 19.5 Å². The van der Waals surface area contributed by atoms with Crippen molar-refractivity contribution in [1.29, 1.82) is 0 Å². The van der Waals surface area contributed by atoms with Crippen molar-refractivity contribution >= 4 is 63.0 Å². The average Bonchev–Trinajstić information content (AvgIpc) is 3.14. The molecule has 0 saturated carbocycles. The average molecular weight is 425 g/mol. The summed E-state index contributed by atoms with van der Waals surface area (Å²) in [5.74, 6) is -2.01. The fourth-order valence-electron chi connectivity index (χ4n) is 3.41. The molecular formula is C21H16N2O4S2. The van der Waals surface area contributed by atoms with Gasteiger partial charge in [-0.15, -0.1) is 0 Å². The molecule has 2 aliphatic heterocycles. The van der Waals surface area contributed by atoms with Crippen LogP contribution in [-0.4, -0.2) is 33.8 Å². The quantitative estimate of drug-likeness (QED) is 0.598. The maximum Gasteiger partial charge on any atom is 0.323 e. The van der Waals surface area contributed by atoms with E-state index in [1.165, 1.54) is 9.80 Å². The molecule has 4 rings (SSSR count). The lowest BCUT2D eigenvalue weighted by atomic mass is 10.1. The number of carboxylic acid groups (broad SMARTS) is 1. The molecule has 0 bridgehead atoms. The minimum Gasteiger partial charge on any atom is -0.480 e. The number of carbonyl (C=O) groups excluding carboxylic acids is 2. The summed E-state index contributed by atoms with van der Waals surface area (Å²) in [6.45, 7) is 1.57. The molecule has 2 aromatic rings. The first-order valence-corrected chi connectivity index (χ1v) is 10.2. The summed E-state index contributed by atoms with van der Waals surface area (Å²) in [6.07, 6.45) is 0.882. The number of hydrogen-bond donors (Lipinski definition) is 1. The number of fused-ring (bicyclic) bond motifs is 1. The molecule has 1 N–H and O–H groups in total. The Morgan fingerprint density at radius 3 is 2.41 bits per heavy atom. The molecular weight excluding hydrogens is 408 g/mol. The normalized spacial score (nSPS) is 18.6. The fourth-order valence-corrected chi connectivity index (χ4v) is 4.78. The molecule has 2 aromatic carbocycles. The van der Waals surface area contributed by atoms with Gasteiger partial charge in [0.1, 0.15) is 6.54 Å².